The number of rotatable bonds is 2. The molecule has 0 aliphatic carbocycles. The molecular formula is C12H20ClNO4S. The van der Waals surface area contributed by atoms with Gasteiger partial charge in [0.15, 0.2) is 0 Å². The Morgan fingerprint density at radius 2 is 2.00 bits per heavy atom. The van der Waals surface area contributed by atoms with Crippen LogP contribution in [-0.4, -0.2) is 42.8 Å². The maximum atomic E-state index is 12.2. The number of hydrogen-bond donors (Lipinski definition) is 0. The van der Waals surface area contributed by atoms with E-state index in [0.717, 1.165) is 12.8 Å². The van der Waals surface area contributed by atoms with Gasteiger partial charge >= 0.3 is 6.09 Å². The molecule has 2 saturated heterocycles. The largest absolute Gasteiger partial charge is 0.444 e. The van der Waals surface area contributed by atoms with Gasteiger partial charge in [-0.3, -0.25) is 0 Å². The first-order valence-corrected chi connectivity index (χ1v) is 8.98. The lowest BCUT2D eigenvalue weighted by Crippen LogP contribution is -2.41. The summed E-state index contributed by atoms with van der Waals surface area (Å²) in [5.74, 6) is -0.122. The third kappa shape index (κ3) is 3.54. The number of amides is 1. The van der Waals surface area contributed by atoms with Gasteiger partial charge in [-0.05, 0) is 46.0 Å². The van der Waals surface area contributed by atoms with Crippen molar-refractivity contribution in [2.24, 2.45) is 5.92 Å². The summed E-state index contributed by atoms with van der Waals surface area (Å²) in [6.45, 7) is 5.47. The van der Waals surface area contributed by atoms with E-state index in [0.29, 0.717) is 6.42 Å². The molecule has 2 bridgehead atoms. The van der Waals surface area contributed by atoms with E-state index in [9.17, 15) is 13.2 Å². The molecule has 0 spiro atoms. The molecule has 7 heteroatoms. The van der Waals surface area contributed by atoms with Crippen molar-refractivity contribution < 1.29 is 17.9 Å². The standard InChI is InChI=1S/C12H20ClNO4S/c1-12(2,3)18-11(15)14-9-4-5-10(14)8(6-9)7-19(13,16)17/h8-10H,4-7H2,1-3H3. The highest BCUT2D eigenvalue weighted by Crippen LogP contribution is 2.43. The van der Waals surface area contributed by atoms with Crippen LogP contribution in [0.3, 0.4) is 0 Å². The Kier molecular flexibility index (Phi) is 3.77. The summed E-state index contributed by atoms with van der Waals surface area (Å²) >= 11 is 0. The number of hydrogen-bond acceptors (Lipinski definition) is 4. The summed E-state index contributed by atoms with van der Waals surface area (Å²) in [5.41, 5.74) is -0.535. The van der Waals surface area contributed by atoms with Gasteiger partial charge in [-0.2, -0.15) is 0 Å². The average Bonchev–Trinajstić information content (AvgIpc) is 2.68. The molecule has 3 unspecified atom stereocenters. The number of halogens is 1. The van der Waals surface area contributed by atoms with E-state index in [4.69, 9.17) is 15.4 Å². The molecule has 110 valence electrons. The predicted molar refractivity (Wildman–Crippen MR) is 72.6 cm³/mol. The Hall–Kier alpha value is -0.490. The van der Waals surface area contributed by atoms with E-state index in [1.807, 2.05) is 20.8 Å². The zero-order valence-electron chi connectivity index (χ0n) is 11.4. The van der Waals surface area contributed by atoms with Gasteiger partial charge in [0.1, 0.15) is 5.60 Å². The molecule has 2 rings (SSSR count). The normalized spacial score (nSPS) is 30.7. The van der Waals surface area contributed by atoms with Crippen molar-refractivity contribution in [1.82, 2.24) is 4.90 Å². The minimum atomic E-state index is -3.52. The number of carbonyl (C=O) groups excluding carboxylic acids is 1. The van der Waals surface area contributed by atoms with Crippen molar-refractivity contribution in [1.29, 1.82) is 0 Å². The summed E-state index contributed by atoms with van der Waals surface area (Å²) in [7, 11) is 1.80. The maximum absolute atomic E-state index is 12.2. The van der Waals surface area contributed by atoms with Crippen molar-refractivity contribution >= 4 is 25.8 Å². The first-order chi connectivity index (χ1) is 8.57. The first-order valence-electron chi connectivity index (χ1n) is 6.50. The van der Waals surface area contributed by atoms with E-state index in [1.54, 1.807) is 4.90 Å². The van der Waals surface area contributed by atoms with E-state index in [1.165, 1.54) is 0 Å². The zero-order valence-corrected chi connectivity index (χ0v) is 13.0. The smallest absolute Gasteiger partial charge is 0.410 e. The Morgan fingerprint density at radius 1 is 1.37 bits per heavy atom. The molecule has 5 nitrogen and oxygen atoms in total. The number of fused-ring (bicyclic) bond motifs is 2. The number of nitrogens with zero attached hydrogens (tertiary/aromatic N) is 1. The van der Waals surface area contributed by atoms with Crippen LogP contribution >= 0.6 is 10.7 Å². The zero-order chi connectivity index (χ0) is 14.4. The van der Waals surface area contributed by atoms with Gasteiger partial charge in [0.25, 0.3) is 0 Å². The van der Waals surface area contributed by atoms with Crippen molar-refractivity contribution in [2.45, 2.75) is 57.7 Å². The third-order valence-electron chi connectivity index (χ3n) is 3.68. The van der Waals surface area contributed by atoms with Crippen LogP contribution < -0.4 is 0 Å². The lowest BCUT2D eigenvalue weighted by molar-refractivity contribution is 0.0207. The molecule has 2 heterocycles. The fraction of sp³-hybridized carbons (Fsp3) is 0.917. The quantitative estimate of drug-likeness (QED) is 0.734. The van der Waals surface area contributed by atoms with Gasteiger partial charge in [-0.15, -0.1) is 0 Å². The fourth-order valence-electron chi connectivity index (χ4n) is 3.15. The molecule has 2 aliphatic rings. The Labute approximate surface area is 118 Å². The molecule has 0 aromatic rings. The van der Waals surface area contributed by atoms with E-state index < -0.39 is 14.7 Å². The Bertz CT molecular complexity index is 471. The number of ether oxygens (including phenoxy) is 1. The van der Waals surface area contributed by atoms with Crippen molar-refractivity contribution in [3.8, 4) is 0 Å². The van der Waals surface area contributed by atoms with Crippen molar-refractivity contribution in [3.05, 3.63) is 0 Å². The van der Waals surface area contributed by atoms with Crippen molar-refractivity contribution in [3.63, 3.8) is 0 Å². The van der Waals surface area contributed by atoms with Gasteiger partial charge in [-0.1, -0.05) is 0 Å². The molecular weight excluding hydrogens is 290 g/mol. The average molecular weight is 310 g/mol. The lowest BCUT2D eigenvalue weighted by atomic mass is 9.91. The minimum Gasteiger partial charge on any atom is -0.444 e. The second-order valence-electron chi connectivity index (χ2n) is 6.39. The van der Waals surface area contributed by atoms with Gasteiger partial charge < -0.3 is 9.64 Å². The molecule has 0 N–H and O–H groups in total. The SMILES string of the molecule is CC(C)(C)OC(=O)N1C2CCC1C(CS(=O)(=O)Cl)C2. The van der Waals surface area contributed by atoms with Crippen LogP contribution in [0, 0.1) is 5.92 Å². The van der Waals surface area contributed by atoms with Crippen LogP contribution in [0.5, 0.6) is 0 Å². The van der Waals surface area contributed by atoms with Crippen LogP contribution in [0.2, 0.25) is 0 Å². The van der Waals surface area contributed by atoms with E-state index >= 15 is 0 Å². The predicted octanol–water partition coefficient (Wildman–Crippen LogP) is 2.34. The van der Waals surface area contributed by atoms with Crippen LogP contribution in [0.4, 0.5) is 4.79 Å². The number of carbonyl (C=O) groups is 1. The Morgan fingerprint density at radius 3 is 2.53 bits per heavy atom. The summed E-state index contributed by atoms with van der Waals surface area (Å²) in [6, 6.07) is 0.0524. The van der Waals surface area contributed by atoms with E-state index in [2.05, 4.69) is 0 Å². The second-order valence-corrected chi connectivity index (χ2v) is 9.21. The highest BCUT2D eigenvalue weighted by atomic mass is 35.7. The summed E-state index contributed by atoms with van der Waals surface area (Å²) in [4.78, 5) is 13.9. The molecule has 0 aromatic heterocycles. The van der Waals surface area contributed by atoms with Crippen LogP contribution in [0.25, 0.3) is 0 Å². The summed E-state index contributed by atoms with van der Waals surface area (Å²) in [5, 5.41) is 0. The summed E-state index contributed by atoms with van der Waals surface area (Å²) in [6.07, 6.45) is 2.12. The monoisotopic (exact) mass is 309 g/mol. The molecule has 1 amide bonds. The van der Waals surface area contributed by atoms with Crippen LogP contribution in [0.1, 0.15) is 40.0 Å². The topological polar surface area (TPSA) is 63.7 Å². The van der Waals surface area contributed by atoms with Crippen LogP contribution in [-0.2, 0) is 13.8 Å². The second kappa shape index (κ2) is 4.81. The van der Waals surface area contributed by atoms with Gasteiger partial charge in [-0.25, -0.2) is 13.2 Å². The molecule has 0 aromatic carbocycles. The maximum Gasteiger partial charge on any atom is 0.410 e. The van der Waals surface area contributed by atoms with Gasteiger partial charge in [0.2, 0.25) is 9.05 Å². The molecule has 2 fully saturated rings. The minimum absolute atomic E-state index is 0.0478. The van der Waals surface area contributed by atoms with Crippen LogP contribution in [0.15, 0.2) is 0 Å². The van der Waals surface area contributed by atoms with Gasteiger partial charge in [0.05, 0.1) is 5.75 Å². The Balaban J connectivity index is 2.07. The third-order valence-corrected chi connectivity index (χ3v) is 4.89. The van der Waals surface area contributed by atoms with E-state index in [-0.39, 0.29) is 29.8 Å². The molecule has 2 aliphatic heterocycles. The molecule has 3 atom stereocenters. The lowest BCUT2D eigenvalue weighted by Gasteiger charge is -2.28. The first kappa shape index (κ1) is 14.9. The summed E-state index contributed by atoms with van der Waals surface area (Å²) < 4.78 is 27.8. The highest BCUT2D eigenvalue weighted by molar-refractivity contribution is 8.13. The molecule has 0 saturated carbocycles. The highest BCUT2D eigenvalue weighted by Gasteiger charge is 2.50. The fourth-order valence-corrected chi connectivity index (χ4v) is 4.50. The molecule has 19 heavy (non-hydrogen) atoms. The molecule has 0 radical (unpaired) electrons. The van der Waals surface area contributed by atoms with Gasteiger partial charge in [0, 0.05) is 22.8 Å². The van der Waals surface area contributed by atoms with Crippen molar-refractivity contribution in [2.75, 3.05) is 5.75 Å².